The summed E-state index contributed by atoms with van der Waals surface area (Å²) >= 11 is 7.19. The van der Waals surface area contributed by atoms with Crippen LogP contribution >= 0.6 is 22.9 Å². The summed E-state index contributed by atoms with van der Waals surface area (Å²) in [6, 6.07) is 4.20. The zero-order valence-corrected chi connectivity index (χ0v) is 10.1. The van der Waals surface area contributed by atoms with Crippen LogP contribution in [-0.4, -0.2) is 9.91 Å². The normalized spacial score (nSPS) is 10.2. The minimum absolute atomic E-state index is 0.106. The topological polar surface area (TPSA) is 65.3 Å². The highest BCUT2D eigenvalue weighted by molar-refractivity contribution is 7.09. The summed E-state index contributed by atoms with van der Waals surface area (Å²) in [5.74, 6) is 0.151. The predicted octanol–water partition coefficient (Wildman–Crippen LogP) is 3.28. The molecule has 17 heavy (non-hydrogen) atoms. The van der Waals surface area contributed by atoms with Gasteiger partial charge in [0.25, 0.3) is 0 Å². The van der Waals surface area contributed by atoms with Gasteiger partial charge in [-0.15, -0.1) is 11.3 Å². The average molecular weight is 271 g/mol. The molecule has 5 nitrogen and oxygen atoms in total. The Morgan fingerprint density at radius 3 is 3.00 bits per heavy atom. The highest BCUT2D eigenvalue weighted by atomic mass is 35.5. The first-order valence-corrected chi connectivity index (χ1v) is 5.87. The molecule has 1 aromatic heterocycles. The van der Waals surface area contributed by atoms with Crippen LogP contribution in [0.25, 0.3) is 0 Å². The van der Waals surface area contributed by atoms with Gasteiger partial charge in [-0.3, -0.25) is 10.1 Å². The standard InChI is InChI=1S/C10H7ClN2O3S/c11-7-1-2-8(13(14)15)9(5-7)16-6-10-12-3-4-17-10/h1-5H,6H2. The van der Waals surface area contributed by atoms with Crippen molar-refractivity contribution in [2.75, 3.05) is 0 Å². The summed E-state index contributed by atoms with van der Waals surface area (Å²) < 4.78 is 5.35. The van der Waals surface area contributed by atoms with E-state index in [0.29, 0.717) is 5.02 Å². The van der Waals surface area contributed by atoms with Gasteiger partial charge in [0.05, 0.1) is 4.92 Å². The number of nitrogens with zero attached hydrogens (tertiary/aromatic N) is 2. The van der Waals surface area contributed by atoms with E-state index in [4.69, 9.17) is 16.3 Å². The van der Waals surface area contributed by atoms with E-state index < -0.39 is 4.92 Å². The fraction of sp³-hybridized carbons (Fsp3) is 0.100. The molecule has 0 unspecified atom stereocenters. The fourth-order valence-electron chi connectivity index (χ4n) is 1.22. The van der Waals surface area contributed by atoms with Crippen molar-refractivity contribution < 1.29 is 9.66 Å². The highest BCUT2D eigenvalue weighted by Gasteiger charge is 2.15. The molecule has 1 aromatic carbocycles. The van der Waals surface area contributed by atoms with E-state index in [1.165, 1.54) is 29.5 Å². The Balaban J connectivity index is 2.19. The molecule has 0 N–H and O–H groups in total. The number of hydrogen-bond acceptors (Lipinski definition) is 5. The lowest BCUT2D eigenvalue weighted by molar-refractivity contribution is -0.385. The summed E-state index contributed by atoms with van der Waals surface area (Å²) in [6.07, 6.45) is 1.65. The number of hydrogen-bond donors (Lipinski definition) is 0. The second kappa shape index (κ2) is 5.11. The highest BCUT2D eigenvalue weighted by Crippen LogP contribution is 2.30. The third-order valence-corrected chi connectivity index (χ3v) is 2.94. The van der Waals surface area contributed by atoms with Gasteiger partial charge in [-0.1, -0.05) is 11.6 Å². The van der Waals surface area contributed by atoms with Crippen molar-refractivity contribution >= 4 is 28.6 Å². The number of ether oxygens (including phenoxy) is 1. The minimum Gasteiger partial charge on any atom is -0.479 e. The van der Waals surface area contributed by atoms with Gasteiger partial charge in [-0.05, 0) is 6.07 Å². The van der Waals surface area contributed by atoms with E-state index in [-0.39, 0.29) is 18.0 Å². The van der Waals surface area contributed by atoms with Gasteiger partial charge < -0.3 is 4.74 Å². The first-order chi connectivity index (χ1) is 8.16. The second-order valence-electron chi connectivity index (χ2n) is 3.08. The van der Waals surface area contributed by atoms with Gasteiger partial charge in [0, 0.05) is 28.7 Å². The second-order valence-corrected chi connectivity index (χ2v) is 4.50. The number of rotatable bonds is 4. The fourth-order valence-corrected chi connectivity index (χ4v) is 1.91. The van der Waals surface area contributed by atoms with Crippen LogP contribution in [0.3, 0.4) is 0 Å². The van der Waals surface area contributed by atoms with E-state index in [1.54, 1.807) is 6.20 Å². The average Bonchev–Trinajstić information content (AvgIpc) is 2.78. The monoisotopic (exact) mass is 270 g/mol. The Bertz CT molecular complexity index is 530. The summed E-state index contributed by atoms with van der Waals surface area (Å²) in [6.45, 7) is 0.193. The lowest BCUT2D eigenvalue weighted by Crippen LogP contribution is -1.98. The Labute approximate surface area is 106 Å². The first-order valence-electron chi connectivity index (χ1n) is 4.62. The molecule has 1 heterocycles. The van der Waals surface area contributed by atoms with Crippen molar-refractivity contribution in [2.24, 2.45) is 0 Å². The molecule has 0 saturated carbocycles. The minimum atomic E-state index is -0.506. The lowest BCUT2D eigenvalue weighted by Gasteiger charge is -2.05. The van der Waals surface area contributed by atoms with Gasteiger partial charge in [0.1, 0.15) is 11.6 Å². The molecule has 0 atom stereocenters. The number of halogens is 1. The van der Waals surface area contributed by atoms with E-state index in [1.807, 2.05) is 5.38 Å². The number of nitro benzene ring substituents is 1. The molecule has 0 aliphatic heterocycles. The van der Waals surface area contributed by atoms with Crippen LogP contribution in [0.4, 0.5) is 5.69 Å². The molecule has 0 bridgehead atoms. The lowest BCUT2D eigenvalue weighted by atomic mass is 10.3. The molecule has 0 fully saturated rings. The molecule has 0 saturated heterocycles. The third kappa shape index (κ3) is 2.92. The van der Waals surface area contributed by atoms with E-state index in [9.17, 15) is 10.1 Å². The predicted molar refractivity (Wildman–Crippen MR) is 64.6 cm³/mol. The SMILES string of the molecule is O=[N+]([O-])c1ccc(Cl)cc1OCc1nccs1. The van der Waals surface area contributed by atoms with Crippen LogP contribution in [0.15, 0.2) is 29.8 Å². The maximum absolute atomic E-state index is 10.8. The molecular formula is C10H7ClN2O3S. The molecule has 2 rings (SSSR count). The number of nitro groups is 1. The largest absolute Gasteiger partial charge is 0.479 e. The molecule has 0 radical (unpaired) electrons. The molecular weight excluding hydrogens is 264 g/mol. The molecule has 0 spiro atoms. The van der Waals surface area contributed by atoms with Crippen molar-refractivity contribution in [3.05, 3.63) is 49.9 Å². The maximum Gasteiger partial charge on any atom is 0.311 e. The summed E-state index contributed by atoms with van der Waals surface area (Å²) in [7, 11) is 0. The van der Waals surface area contributed by atoms with Crippen molar-refractivity contribution in [3.8, 4) is 5.75 Å². The molecule has 2 aromatic rings. The smallest absolute Gasteiger partial charge is 0.311 e. The van der Waals surface area contributed by atoms with Crippen LogP contribution in [-0.2, 0) is 6.61 Å². The van der Waals surface area contributed by atoms with Crippen LogP contribution < -0.4 is 4.74 Å². The molecule has 0 aliphatic rings. The number of aromatic nitrogens is 1. The van der Waals surface area contributed by atoms with Gasteiger partial charge in [0.15, 0.2) is 5.75 Å². The third-order valence-electron chi connectivity index (χ3n) is 1.95. The number of thiazole rings is 1. The zero-order valence-electron chi connectivity index (χ0n) is 8.50. The molecule has 88 valence electrons. The molecule has 0 amide bonds. The maximum atomic E-state index is 10.8. The Morgan fingerprint density at radius 2 is 2.35 bits per heavy atom. The quantitative estimate of drug-likeness (QED) is 0.632. The van der Waals surface area contributed by atoms with Crippen molar-refractivity contribution in [1.29, 1.82) is 0 Å². The Morgan fingerprint density at radius 1 is 1.53 bits per heavy atom. The van der Waals surface area contributed by atoms with Crippen LogP contribution in [0.1, 0.15) is 5.01 Å². The van der Waals surface area contributed by atoms with Gasteiger partial charge >= 0.3 is 5.69 Å². The van der Waals surface area contributed by atoms with Gasteiger partial charge in [0.2, 0.25) is 0 Å². The summed E-state index contributed by atoms with van der Waals surface area (Å²) in [5.41, 5.74) is -0.106. The summed E-state index contributed by atoms with van der Waals surface area (Å²) in [5, 5.41) is 13.7. The van der Waals surface area contributed by atoms with E-state index in [0.717, 1.165) is 5.01 Å². The molecule has 0 aliphatic carbocycles. The van der Waals surface area contributed by atoms with E-state index >= 15 is 0 Å². The van der Waals surface area contributed by atoms with Crippen molar-refractivity contribution in [3.63, 3.8) is 0 Å². The van der Waals surface area contributed by atoms with Gasteiger partial charge in [-0.2, -0.15) is 0 Å². The van der Waals surface area contributed by atoms with Crippen molar-refractivity contribution in [1.82, 2.24) is 4.98 Å². The first kappa shape index (κ1) is 11.8. The number of benzene rings is 1. The zero-order chi connectivity index (χ0) is 12.3. The van der Waals surface area contributed by atoms with Crippen LogP contribution in [0.2, 0.25) is 5.02 Å². The Hall–Kier alpha value is -1.66. The molecule has 7 heteroatoms. The van der Waals surface area contributed by atoms with Gasteiger partial charge in [-0.25, -0.2) is 4.98 Å². The summed E-state index contributed by atoms with van der Waals surface area (Å²) in [4.78, 5) is 14.3. The van der Waals surface area contributed by atoms with E-state index in [2.05, 4.69) is 4.98 Å². The van der Waals surface area contributed by atoms with Crippen molar-refractivity contribution in [2.45, 2.75) is 6.61 Å². The van der Waals surface area contributed by atoms with Crippen LogP contribution in [0, 0.1) is 10.1 Å². The Kier molecular flexibility index (Phi) is 3.55. The van der Waals surface area contributed by atoms with Crippen LogP contribution in [0.5, 0.6) is 5.75 Å².